The average Bonchev–Trinajstić information content (AvgIpc) is 4.11. The number of carbonyl (C=O) groups excluding carboxylic acids is 1. The molecule has 0 saturated carbocycles. The summed E-state index contributed by atoms with van der Waals surface area (Å²) in [6, 6.07) is 28.1. The number of piperazine rings is 2. The first-order chi connectivity index (χ1) is 33.9. The Labute approximate surface area is 429 Å². The van der Waals surface area contributed by atoms with E-state index in [9.17, 15) is 16.8 Å². The number of pyridine rings is 2. The molecule has 2 aromatic carbocycles. The number of thiophene rings is 2. The molecule has 0 aliphatic carbocycles. The van der Waals surface area contributed by atoms with E-state index >= 15 is 4.79 Å². The third-order valence-corrected chi connectivity index (χ3v) is 21.9. The molecule has 8 heterocycles. The van der Waals surface area contributed by atoms with Crippen molar-refractivity contribution in [1.29, 1.82) is 0 Å². The van der Waals surface area contributed by atoms with Crippen molar-refractivity contribution >= 4 is 83.1 Å². The zero-order chi connectivity index (χ0) is 48.4. The van der Waals surface area contributed by atoms with Gasteiger partial charge in [0.25, 0.3) is 20.0 Å². The highest BCUT2D eigenvalue weighted by Gasteiger charge is 2.46. The van der Waals surface area contributed by atoms with Gasteiger partial charge in [-0.05, 0) is 121 Å². The number of Topliss-reactive ketones (excluding diaryl/α,β-unsaturated/α-hetero) is 1. The molecule has 2 atom stereocenters. The normalized spacial score (nSPS) is 21.1. The van der Waals surface area contributed by atoms with Crippen LogP contribution in [-0.4, -0.2) is 142 Å². The maximum Gasteiger partial charge on any atom is 0.252 e. The first-order valence-corrected chi connectivity index (χ1v) is 29.2. The summed E-state index contributed by atoms with van der Waals surface area (Å²) in [5, 5.41) is 1.19. The quantitative estimate of drug-likeness (QED) is 0.104. The molecule has 10 rings (SSSR count). The van der Waals surface area contributed by atoms with Crippen molar-refractivity contribution in [2.24, 2.45) is 11.8 Å². The highest BCUT2D eigenvalue weighted by atomic mass is 35.5. The van der Waals surface area contributed by atoms with Crippen LogP contribution in [0.25, 0.3) is 20.9 Å². The summed E-state index contributed by atoms with van der Waals surface area (Å²) in [7, 11) is -8.01. The Morgan fingerprint density at radius 3 is 1.24 bits per heavy atom. The third kappa shape index (κ3) is 10.9. The Bertz CT molecular complexity index is 2750. The lowest BCUT2D eigenvalue weighted by atomic mass is 9.91. The smallest absolute Gasteiger partial charge is 0.252 e. The first-order valence-electron chi connectivity index (χ1n) is 23.9. The molecule has 6 aromatic rings. The van der Waals surface area contributed by atoms with Crippen LogP contribution in [0, 0.1) is 11.8 Å². The Balaban J connectivity index is 0.934. The molecule has 368 valence electrons. The number of benzene rings is 2. The van der Waals surface area contributed by atoms with E-state index in [1.54, 1.807) is 36.4 Å². The number of aromatic nitrogens is 2. The monoisotopic (exact) mass is 1060 g/mol. The fourth-order valence-electron chi connectivity index (χ4n) is 10.5. The molecule has 0 N–H and O–H groups in total. The van der Waals surface area contributed by atoms with E-state index in [4.69, 9.17) is 23.2 Å². The van der Waals surface area contributed by atoms with Crippen LogP contribution in [0.5, 0.6) is 0 Å². The summed E-state index contributed by atoms with van der Waals surface area (Å²) >= 11 is 14.8. The van der Waals surface area contributed by atoms with Gasteiger partial charge in [0.2, 0.25) is 0 Å². The molecule has 4 aliphatic rings. The fourth-order valence-corrected chi connectivity index (χ4v) is 16.5. The highest BCUT2D eigenvalue weighted by Crippen LogP contribution is 2.37. The maximum absolute atomic E-state index is 15.8. The lowest BCUT2D eigenvalue weighted by Gasteiger charge is -2.47. The minimum Gasteiger partial charge on any atom is -0.371 e. The van der Waals surface area contributed by atoms with Gasteiger partial charge in [0.1, 0.15) is 8.42 Å². The number of sulfonamides is 2. The van der Waals surface area contributed by atoms with E-state index in [2.05, 4.69) is 29.6 Å². The molecule has 4 aliphatic heterocycles. The molecule has 70 heavy (non-hydrogen) atoms. The number of hydrogen-bond acceptors (Lipinski definition) is 13. The number of halogens is 2. The fraction of sp³-hybridized carbons (Fsp3) is 0.392. The molecule has 4 aromatic heterocycles. The first kappa shape index (κ1) is 49.3. The summed E-state index contributed by atoms with van der Waals surface area (Å²) in [5.74, 6) is 0.438. The van der Waals surface area contributed by atoms with Crippen LogP contribution >= 0.6 is 45.9 Å². The second-order valence-electron chi connectivity index (χ2n) is 18.7. The zero-order valence-corrected chi connectivity index (χ0v) is 43.5. The van der Waals surface area contributed by atoms with E-state index < -0.39 is 32.1 Å². The van der Waals surface area contributed by atoms with E-state index in [1.165, 1.54) is 31.3 Å². The summed E-state index contributed by atoms with van der Waals surface area (Å²) < 4.78 is 62.1. The molecule has 4 saturated heterocycles. The van der Waals surface area contributed by atoms with Gasteiger partial charge in [0.15, 0.2) is 5.78 Å². The molecule has 0 amide bonds. The van der Waals surface area contributed by atoms with Gasteiger partial charge in [-0.15, -0.1) is 22.7 Å². The van der Waals surface area contributed by atoms with Crippen molar-refractivity contribution in [1.82, 2.24) is 28.4 Å². The van der Waals surface area contributed by atoms with E-state index in [0.29, 0.717) is 36.2 Å². The molecule has 4 fully saturated rings. The molecule has 0 spiro atoms. The molecular formula is C51H56Cl2N8O5S4. The van der Waals surface area contributed by atoms with Crippen LogP contribution in [0.4, 0.5) is 11.4 Å². The van der Waals surface area contributed by atoms with Gasteiger partial charge in [0, 0.05) is 134 Å². The predicted molar refractivity (Wildman–Crippen MR) is 281 cm³/mol. The highest BCUT2D eigenvalue weighted by molar-refractivity contribution is 7.91. The standard InChI is InChI=1S/C51H56Cl2N8O5S4/c52-41-5-1-39(2-6-41)47-9-11-49(67-47)69(63,64)60-31-29-58(33-37-17-25-56(26-18-37)43-13-21-54-22-14-43)45(35-60)51(62)46-36-61(70(65,66)50-12-10-48(68-50)40-3-7-42(53)8-4-40)32-30-59(46)34-38-19-27-57(28-20-38)44-15-23-55-24-16-44/h1-16,21-24,37-38,45-46H,17-20,25-36H2. The summed E-state index contributed by atoms with van der Waals surface area (Å²) in [5.41, 5.74) is 4.01. The van der Waals surface area contributed by atoms with Gasteiger partial charge in [-0.3, -0.25) is 24.6 Å². The summed E-state index contributed by atoms with van der Waals surface area (Å²) in [4.78, 5) is 35.0. The molecule has 13 nitrogen and oxygen atoms in total. The minimum atomic E-state index is -4.01. The van der Waals surface area contributed by atoms with Crippen molar-refractivity contribution in [3.63, 3.8) is 0 Å². The zero-order valence-electron chi connectivity index (χ0n) is 38.7. The second-order valence-corrected chi connectivity index (χ2v) is 26.0. The number of nitrogens with zero attached hydrogens (tertiary/aromatic N) is 8. The number of hydrogen-bond donors (Lipinski definition) is 0. The number of anilines is 2. The van der Waals surface area contributed by atoms with Crippen molar-refractivity contribution in [3.05, 3.63) is 132 Å². The summed E-state index contributed by atoms with van der Waals surface area (Å²) in [6.45, 7) is 5.89. The Morgan fingerprint density at radius 2 is 0.871 bits per heavy atom. The molecule has 19 heteroatoms. The van der Waals surface area contributed by atoms with Crippen molar-refractivity contribution in [3.8, 4) is 20.9 Å². The van der Waals surface area contributed by atoms with Gasteiger partial charge in [-0.25, -0.2) is 16.8 Å². The van der Waals surface area contributed by atoms with Crippen molar-refractivity contribution in [2.45, 2.75) is 46.2 Å². The number of rotatable bonds is 14. The van der Waals surface area contributed by atoms with E-state index in [0.717, 1.165) is 84.1 Å². The second kappa shape index (κ2) is 21.4. The maximum atomic E-state index is 15.8. The van der Waals surface area contributed by atoms with Gasteiger partial charge in [0.05, 0.1) is 12.1 Å². The number of carbonyl (C=O) groups is 1. The molecule has 0 bridgehead atoms. The lowest BCUT2D eigenvalue weighted by Crippen LogP contribution is -2.66. The Kier molecular flexibility index (Phi) is 15.1. The summed E-state index contributed by atoms with van der Waals surface area (Å²) in [6.07, 6.45) is 10.9. The Hall–Kier alpha value is -4.27. The largest absolute Gasteiger partial charge is 0.371 e. The minimum absolute atomic E-state index is 0.0258. The third-order valence-electron chi connectivity index (χ3n) is 14.4. The van der Waals surface area contributed by atoms with Gasteiger partial charge in [-0.2, -0.15) is 8.61 Å². The predicted octanol–water partition coefficient (Wildman–Crippen LogP) is 8.69. The topological polar surface area (TPSA) is 131 Å². The van der Waals surface area contributed by atoms with Crippen molar-refractivity contribution < 1.29 is 21.6 Å². The molecular weight excluding hydrogens is 1000 g/mol. The van der Waals surface area contributed by atoms with Crippen LogP contribution in [0.3, 0.4) is 0 Å². The van der Waals surface area contributed by atoms with Crippen LogP contribution in [0.1, 0.15) is 25.7 Å². The lowest BCUT2D eigenvalue weighted by molar-refractivity contribution is -0.133. The number of piperidine rings is 2. The van der Waals surface area contributed by atoms with Crippen LogP contribution in [0.2, 0.25) is 10.0 Å². The Morgan fingerprint density at radius 1 is 0.500 bits per heavy atom. The van der Waals surface area contributed by atoms with Gasteiger partial charge >= 0.3 is 0 Å². The van der Waals surface area contributed by atoms with Crippen LogP contribution in [-0.2, 0) is 24.8 Å². The SMILES string of the molecule is O=C(C1CN(S(=O)(=O)c2ccc(-c3ccc(Cl)cc3)s2)CCN1CC1CCN(c2ccncc2)CC1)C1CN(S(=O)(=O)c2ccc(-c3ccc(Cl)cc3)s2)CCN1CC1CCN(c2ccncc2)CC1. The van der Waals surface area contributed by atoms with Gasteiger partial charge in [-0.1, -0.05) is 47.5 Å². The van der Waals surface area contributed by atoms with E-state index in [1.807, 2.05) is 85.5 Å². The van der Waals surface area contributed by atoms with Crippen molar-refractivity contribution in [2.75, 3.05) is 88.3 Å². The average molecular weight is 1060 g/mol. The van der Waals surface area contributed by atoms with E-state index in [-0.39, 0.29) is 52.2 Å². The molecule has 0 radical (unpaired) electrons. The van der Waals surface area contributed by atoms with Crippen LogP contribution < -0.4 is 9.80 Å². The molecule has 2 unspecified atom stereocenters. The van der Waals surface area contributed by atoms with Crippen LogP contribution in [0.15, 0.2) is 130 Å². The number of ketones is 1. The van der Waals surface area contributed by atoms with Gasteiger partial charge < -0.3 is 9.80 Å².